The Bertz CT molecular complexity index is 3120. The van der Waals surface area contributed by atoms with Crippen LogP contribution in [-0.4, -0.2) is 14.5 Å². The molecule has 0 aliphatic heterocycles. The molecule has 1 heterocycles. The van der Waals surface area contributed by atoms with E-state index in [0.717, 1.165) is 34.1 Å². The van der Waals surface area contributed by atoms with Gasteiger partial charge in [0.25, 0.3) is 0 Å². The number of anilines is 6. The average Bonchev–Trinajstić information content (AvgIpc) is 3.74. The second kappa shape index (κ2) is 12.9. The van der Waals surface area contributed by atoms with Crippen molar-refractivity contribution in [2.45, 2.75) is 19.3 Å². The first kappa shape index (κ1) is 33.0. The second-order valence-electron chi connectivity index (χ2n) is 15.4. The van der Waals surface area contributed by atoms with Crippen LogP contribution < -0.4 is 9.80 Å². The molecular formula is C53H38N2Se. The zero-order valence-corrected chi connectivity index (χ0v) is 33.0. The summed E-state index contributed by atoms with van der Waals surface area (Å²) in [6.45, 7) is 4.71. The van der Waals surface area contributed by atoms with E-state index in [0.29, 0.717) is 0 Å². The van der Waals surface area contributed by atoms with E-state index in [1.165, 1.54) is 63.1 Å². The zero-order chi connectivity index (χ0) is 37.4. The summed E-state index contributed by atoms with van der Waals surface area (Å²) in [7, 11) is 0. The van der Waals surface area contributed by atoms with E-state index in [1.54, 1.807) is 0 Å². The van der Waals surface area contributed by atoms with Crippen LogP contribution in [0.5, 0.6) is 0 Å². The number of benzene rings is 9. The fraction of sp³-hybridized carbons (Fsp3) is 0.0566. The third-order valence-corrected chi connectivity index (χ3v) is 14.3. The fourth-order valence-corrected chi connectivity index (χ4v) is 11.8. The molecule has 0 N–H and O–H groups in total. The minimum Gasteiger partial charge on any atom is -0.0280 e. The van der Waals surface area contributed by atoms with Crippen molar-refractivity contribution in [1.82, 2.24) is 0 Å². The Kier molecular flexibility index (Phi) is 7.57. The molecule has 10 aromatic rings. The minimum atomic E-state index is -0.0967. The molecule has 266 valence electrons. The van der Waals surface area contributed by atoms with Crippen molar-refractivity contribution in [3.63, 3.8) is 0 Å². The predicted molar refractivity (Wildman–Crippen MR) is 240 cm³/mol. The van der Waals surface area contributed by atoms with Crippen molar-refractivity contribution < 1.29 is 0 Å². The Morgan fingerprint density at radius 2 is 0.929 bits per heavy atom. The molecule has 0 radical (unpaired) electrons. The third kappa shape index (κ3) is 5.16. The van der Waals surface area contributed by atoms with E-state index in [2.05, 4.69) is 218 Å². The van der Waals surface area contributed by atoms with Crippen LogP contribution in [0.1, 0.15) is 25.0 Å². The number of hydrogen-bond donors (Lipinski definition) is 0. The average molecular weight is 782 g/mol. The van der Waals surface area contributed by atoms with Gasteiger partial charge in [0.1, 0.15) is 0 Å². The van der Waals surface area contributed by atoms with Crippen molar-refractivity contribution in [2.24, 2.45) is 0 Å². The Morgan fingerprint density at radius 3 is 1.70 bits per heavy atom. The molecule has 3 heteroatoms. The van der Waals surface area contributed by atoms with Gasteiger partial charge in [-0.15, -0.1) is 0 Å². The molecular weight excluding hydrogens is 744 g/mol. The molecule has 9 aromatic carbocycles. The van der Waals surface area contributed by atoms with Crippen LogP contribution in [0.2, 0.25) is 0 Å². The molecule has 11 rings (SSSR count). The Hall–Kier alpha value is -6.38. The number of nitrogens with zero attached hydrogens (tertiary/aromatic N) is 2. The molecule has 0 bridgehead atoms. The van der Waals surface area contributed by atoms with Gasteiger partial charge in [0.15, 0.2) is 0 Å². The molecule has 0 unspecified atom stereocenters. The van der Waals surface area contributed by atoms with E-state index in [4.69, 9.17) is 0 Å². The van der Waals surface area contributed by atoms with Crippen molar-refractivity contribution in [1.29, 1.82) is 0 Å². The van der Waals surface area contributed by atoms with Gasteiger partial charge in [0.2, 0.25) is 0 Å². The SMILES string of the molecule is CC1(C)c2ccccc2-c2ccc(N(c3ccccc3)c3cccc(N(c4ccccc4)c4ccc5ccc6ccc7c8ccccc8[se]c7c6c5c4)c3)cc21. The van der Waals surface area contributed by atoms with Gasteiger partial charge in [-0.05, 0) is 22.3 Å². The van der Waals surface area contributed by atoms with Crippen molar-refractivity contribution in [3.8, 4) is 11.1 Å². The summed E-state index contributed by atoms with van der Waals surface area (Å²) in [5, 5.41) is 8.03. The van der Waals surface area contributed by atoms with Crippen molar-refractivity contribution in [2.75, 3.05) is 9.80 Å². The van der Waals surface area contributed by atoms with Gasteiger partial charge >= 0.3 is 245 Å². The number of rotatable bonds is 6. The maximum absolute atomic E-state index is 2.42. The van der Waals surface area contributed by atoms with Crippen LogP contribution >= 0.6 is 0 Å². The summed E-state index contributed by atoms with van der Waals surface area (Å²) in [6, 6.07) is 71.7. The maximum atomic E-state index is 2.42. The Labute approximate surface area is 333 Å². The predicted octanol–water partition coefficient (Wildman–Crippen LogP) is 14.6. The van der Waals surface area contributed by atoms with Crippen LogP contribution in [0.4, 0.5) is 34.1 Å². The smallest absolute Gasteiger partial charge is 0.0280 e. The van der Waals surface area contributed by atoms with Crippen molar-refractivity contribution >= 4 is 89.5 Å². The first-order chi connectivity index (χ1) is 27.5. The van der Waals surface area contributed by atoms with Crippen LogP contribution in [0.25, 0.3) is 52.0 Å². The third-order valence-electron chi connectivity index (χ3n) is 11.8. The van der Waals surface area contributed by atoms with E-state index < -0.39 is 0 Å². The monoisotopic (exact) mass is 782 g/mol. The second-order valence-corrected chi connectivity index (χ2v) is 17.6. The molecule has 1 aliphatic rings. The van der Waals surface area contributed by atoms with E-state index >= 15 is 0 Å². The molecule has 56 heavy (non-hydrogen) atoms. The van der Waals surface area contributed by atoms with Crippen LogP contribution in [-0.2, 0) is 5.41 Å². The zero-order valence-electron chi connectivity index (χ0n) is 31.3. The Morgan fingerprint density at radius 1 is 0.375 bits per heavy atom. The molecule has 0 fully saturated rings. The quantitative estimate of drug-likeness (QED) is 0.122. The molecule has 1 aliphatic carbocycles. The van der Waals surface area contributed by atoms with E-state index in [1.807, 2.05) is 0 Å². The van der Waals surface area contributed by atoms with Gasteiger partial charge in [0, 0.05) is 5.41 Å². The fourth-order valence-electron chi connectivity index (χ4n) is 9.10. The van der Waals surface area contributed by atoms with Gasteiger partial charge < -0.3 is 0 Å². The van der Waals surface area contributed by atoms with Crippen LogP contribution in [0.3, 0.4) is 0 Å². The molecule has 0 saturated carbocycles. The number of fused-ring (bicyclic) bond motifs is 10. The summed E-state index contributed by atoms with van der Waals surface area (Å²) in [6.07, 6.45) is 0. The van der Waals surface area contributed by atoms with Crippen LogP contribution in [0, 0.1) is 0 Å². The first-order valence-corrected chi connectivity index (χ1v) is 21.1. The summed E-state index contributed by atoms with van der Waals surface area (Å²) >= 11 is 0.250. The van der Waals surface area contributed by atoms with Gasteiger partial charge in [0.05, 0.1) is 0 Å². The first-order valence-electron chi connectivity index (χ1n) is 19.3. The molecule has 0 saturated heterocycles. The van der Waals surface area contributed by atoms with E-state index in [-0.39, 0.29) is 19.9 Å². The summed E-state index contributed by atoms with van der Waals surface area (Å²) in [5.74, 6) is 0. The summed E-state index contributed by atoms with van der Waals surface area (Å²) in [4.78, 5) is 4.82. The number of para-hydroxylation sites is 2. The standard InChI is InChI=1S/C53H38N2Se/c1-53(2)48-22-11-9-20-43(48)44-31-29-42(34-49(44)53)55(38-16-7-4-8-17-38)40-19-13-18-39(32-40)54(37-14-5-3-6-15-37)41-28-26-35-24-25-36-27-30-46-45-21-10-12-23-50(45)56-52(46)51(36)47(35)33-41/h3-34H,1-2H3. The summed E-state index contributed by atoms with van der Waals surface area (Å²) in [5.41, 5.74) is 12.0. The van der Waals surface area contributed by atoms with Gasteiger partial charge in [-0.25, -0.2) is 0 Å². The minimum absolute atomic E-state index is 0.0967. The molecule has 0 atom stereocenters. The topological polar surface area (TPSA) is 6.48 Å². The van der Waals surface area contributed by atoms with Crippen molar-refractivity contribution in [3.05, 3.63) is 205 Å². The van der Waals surface area contributed by atoms with Gasteiger partial charge in [-0.2, -0.15) is 0 Å². The molecule has 0 amide bonds. The van der Waals surface area contributed by atoms with Gasteiger partial charge in [-0.1, -0.05) is 62.4 Å². The normalized spacial score (nSPS) is 13.0. The molecule has 2 nitrogen and oxygen atoms in total. The molecule has 0 spiro atoms. The van der Waals surface area contributed by atoms with E-state index in [9.17, 15) is 0 Å². The van der Waals surface area contributed by atoms with Gasteiger partial charge in [-0.3, -0.25) is 0 Å². The summed E-state index contributed by atoms with van der Waals surface area (Å²) < 4.78 is 2.96. The Balaban J connectivity index is 1.09. The molecule has 1 aromatic heterocycles. The number of hydrogen-bond acceptors (Lipinski definition) is 2. The van der Waals surface area contributed by atoms with Crippen LogP contribution in [0.15, 0.2) is 194 Å².